The fraction of sp³-hybridized carbons (Fsp3) is 0.333. The lowest BCUT2D eigenvalue weighted by Gasteiger charge is -2.10. The Kier molecular flexibility index (Phi) is 5.67. The van der Waals surface area contributed by atoms with Crippen LogP contribution in [0.15, 0.2) is 24.3 Å². The average Bonchev–Trinajstić information content (AvgIpc) is 2.32. The van der Waals surface area contributed by atoms with E-state index in [1.54, 1.807) is 0 Å². The number of anilines is 1. The molecule has 0 aliphatic carbocycles. The van der Waals surface area contributed by atoms with Crippen molar-refractivity contribution in [3.8, 4) is 0 Å². The van der Waals surface area contributed by atoms with Crippen LogP contribution in [0.2, 0.25) is 0 Å². The molecule has 0 heterocycles. The Labute approximate surface area is 110 Å². The van der Waals surface area contributed by atoms with E-state index in [0.29, 0.717) is 0 Å². The monoisotopic (exact) mass is 268 g/mol. The molecule has 1 aromatic carbocycles. The zero-order valence-corrected chi connectivity index (χ0v) is 11.0. The normalized spacial score (nSPS) is 11.9. The van der Waals surface area contributed by atoms with Gasteiger partial charge in [0.15, 0.2) is 0 Å². The Morgan fingerprint density at radius 1 is 1.44 bits per heavy atom. The molecule has 1 rings (SSSR count). The second-order valence-electron chi connectivity index (χ2n) is 3.89. The summed E-state index contributed by atoms with van der Waals surface area (Å²) in [5, 5.41) is 13.2. The van der Waals surface area contributed by atoms with Crippen LogP contribution in [0.5, 0.6) is 0 Å². The maximum Gasteiger partial charge on any atom is 0.234 e. The molecule has 0 bridgehead atoms. The minimum atomic E-state index is -1.19. The van der Waals surface area contributed by atoms with Crippen LogP contribution in [0.3, 0.4) is 0 Å². The molecule has 4 N–H and O–H groups in total. The lowest BCUT2D eigenvalue weighted by atomic mass is 10.2. The molecular formula is C12H16N2O3S. The molecule has 0 saturated carbocycles. The summed E-state index contributed by atoms with van der Waals surface area (Å²) in [5.74, 6) is -0.876. The van der Waals surface area contributed by atoms with Gasteiger partial charge in [0.1, 0.15) is 6.04 Å². The van der Waals surface area contributed by atoms with Gasteiger partial charge in [-0.3, -0.25) is 4.79 Å². The summed E-state index contributed by atoms with van der Waals surface area (Å²) in [6.45, 7) is 1.91. The van der Waals surface area contributed by atoms with E-state index in [1.165, 1.54) is 11.8 Å². The van der Waals surface area contributed by atoms with Crippen molar-refractivity contribution < 1.29 is 20.4 Å². The number of rotatable bonds is 6. The van der Waals surface area contributed by atoms with E-state index in [0.717, 1.165) is 11.3 Å². The summed E-state index contributed by atoms with van der Waals surface area (Å²) < 4.78 is 0. The van der Waals surface area contributed by atoms with E-state index in [4.69, 9.17) is 0 Å². The number of amides is 1. The van der Waals surface area contributed by atoms with Gasteiger partial charge in [-0.25, -0.2) is 0 Å². The predicted molar refractivity (Wildman–Crippen MR) is 68.8 cm³/mol. The SMILES string of the molecule is Cc1ccccc1NC(=O)CSC[C@H]([NH3+])C(=O)[O-]. The molecule has 1 atom stereocenters. The van der Waals surface area contributed by atoms with Crippen LogP contribution in [-0.4, -0.2) is 29.4 Å². The molecule has 18 heavy (non-hydrogen) atoms. The van der Waals surface area contributed by atoms with Gasteiger partial charge in [-0.2, -0.15) is 0 Å². The Morgan fingerprint density at radius 3 is 2.72 bits per heavy atom. The molecule has 1 amide bonds. The molecule has 6 heteroatoms. The highest BCUT2D eigenvalue weighted by Gasteiger charge is 2.09. The molecule has 0 aliphatic rings. The van der Waals surface area contributed by atoms with E-state index >= 15 is 0 Å². The molecule has 0 aliphatic heterocycles. The molecule has 0 fully saturated rings. The number of hydrogen-bond acceptors (Lipinski definition) is 4. The fourth-order valence-corrected chi connectivity index (χ4v) is 2.06. The first-order chi connectivity index (χ1) is 8.50. The number of aliphatic carboxylic acids is 1. The smallest absolute Gasteiger partial charge is 0.234 e. The fourth-order valence-electron chi connectivity index (χ4n) is 1.26. The van der Waals surface area contributed by atoms with Gasteiger partial charge in [0, 0.05) is 5.69 Å². The van der Waals surface area contributed by atoms with Crippen LogP contribution in [0, 0.1) is 6.92 Å². The quantitative estimate of drug-likeness (QED) is 0.693. The molecule has 5 nitrogen and oxygen atoms in total. The molecule has 98 valence electrons. The van der Waals surface area contributed by atoms with Gasteiger partial charge < -0.3 is 21.0 Å². The van der Waals surface area contributed by atoms with Gasteiger partial charge >= 0.3 is 0 Å². The highest BCUT2D eigenvalue weighted by molar-refractivity contribution is 8.00. The van der Waals surface area contributed by atoms with Gasteiger partial charge in [0.05, 0.1) is 17.5 Å². The summed E-state index contributed by atoms with van der Waals surface area (Å²) in [4.78, 5) is 22.0. The van der Waals surface area contributed by atoms with E-state index in [2.05, 4.69) is 11.1 Å². The van der Waals surface area contributed by atoms with Crippen molar-refractivity contribution in [1.29, 1.82) is 0 Å². The van der Waals surface area contributed by atoms with Gasteiger partial charge in [-0.05, 0) is 18.6 Å². The Balaban J connectivity index is 2.35. The van der Waals surface area contributed by atoms with Crippen LogP contribution in [0.25, 0.3) is 0 Å². The largest absolute Gasteiger partial charge is 0.544 e. The molecule has 0 spiro atoms. The lowest BCUT2D eigenvalue weighted by Crippen LogP contribution is -2.69. The molecule has 0 saturated heterocycles. The number of nitrogens with one attached hydrogen (secondary N) is 1. The van der Waals surface area contributed by atoms with Crippen molar-refractivity contribution >= 4 is 29.3 Å². The number of aryl methyl sites for hydroxylation is 1. The van der Waals surface area contributed by atoms with Gasteiger partial charge in [0.2, 0.25) is 5.91 Å². The topological polar surface area (TPSA) is 96.9 Å². The van der Waals surface area contributed by atoms with Crippen molar-refractivity contribution in [2.45, 2.75) is 13.0 Å². The lowest BCUT2D eigenvalue weighted by molar-refractivity contribution is -0.431. The Bertz CT molecular complexity index is 437. The minimum Gasteiger partial charge on any atom is -0.544 e. The van der Waals surface area contributed by atoms with Gasteiger partial charge in [-0.1, -0.05) is 18.2 Å². The number of carbonyl (C=O) groups excluding carboxylic acids is 2. The van der Waals surface area contributed by atoms with E-state index in [-0.39, 0.29) is 17.4 Å². The summed E-state index contributed by atoms with van der Waals surface area (Å²) >= 11 is 1.23. The van der Waals surface area contributed by atoms with E-state index < -0.39 is 12.0 Å². The highest BCUT2D eigenvalue weighted by Crippen LogP contribution is 2.13. The first-order valence-corrected chi connectivity index (χ1v) is 6.63. The molecule has 0 aromatic heterocycles. The van der Waals surface area contributed by atoms with E-state index in [9.17, 15) is 14.7 Å². The third kappa shape index (κ3) is 4.77. The maximum absolute atomic E-state index is 11.6. The third-order valence-corrected chi connectivity index (χ3v) is 3.41. The summed E-state index contributed by atoms with van der Waals surface area (Å²) in [7, 11) is 0. The minimum absolute atomic E-state index is 0.153. The van der Waals surface area contributed by atoms with Crippen molar-refractivity contribution in [2.75, 3.05) is 16.8 Å². The average molecular weight is 268 g/mol. The zero-order chi connectivity index (χ0) is 13.5. The first kappa shape index (κ1) is 14.5. The summed E-state index contributed by atoms with van der Waals surface area (Å²) in [6, 6.07) is 6.68. The zero-order valence-electron chi connectivity index (χ0n) is 10.1. The molecular weight excluding hydrogens is 252 g/mol. The molecule has 1 aromatic rings. The van der Waals surface area contributed by atoms with E-state index in [1.807, 2.05) is 31.2 Å². The van der Waals surface area contributed by atoms with Crippen molar-refractivity contribution in [1.82, 2.24) is 0 Å². The highest BCUT2D eigenvalue weighted by atomic mass is 32.2. The molecule has 0 radical (unpaired) electrons. The van der Waals surface area contributed by atoms with Crippen LogP contribution in [0.1, 0.15) is 5.56 Å². The number of carboxylic acids is 1. The van der Waals surface area contributed by atoms with Crippen molar-refractivity contribution in [3.63, 3.8) is 0 Å². The van der Waals surface area contributed by atoms with Crippen LogP contribution >= 0.6 is 11.8 Å². The van der Waals surface area contributed by atoms with Crippen LogP contribution in [0.4, 0.5) is 5.69 Å². The van der Waals surface area contributed by atoms with Gasteiger partial charge in [-0.15, -0.1) is 11.8 Å². The number of carbonyl (C=O) groups is 2. The molecule has 0 unspecified atom stereocenters. The number of benzene rings is 1. The predicted octanol–water partition coefficient (Wildman–Crippen LogP) is -0.973. The summed E-state index contributed by atoms with van der Waals surface area (Å²) in [6.07, 6.45) is 0. The number of quaternary nitrogens is 1. The van der Waals surface area contributed by atoms with Crippen molar-refractivity contribution in [2.24, 2.45) is 0 Å². The van der Waals surface area contributed by atoms with Crippen LogP contribution < -0.4 is 16.2 Å². The first-order valence-electron chi connectivity index (χ1n) is 5.48. The number of thioether (sulfide) groups is 1. The number of hydrogen-bond donors (Lipinski definition) is 2. The Morgan fingerprint density at radius 2 is 2.11 bits per heavy atom. The van der Waals surface area contributed by atoms with Crippen molar-refractivity contribution in [3.05, 3.63) is 29.8 Å². The van der Waals surface area contributed by atoms with Gasteiger partial charge in [0.25, 0.3) is 0 Å². The Hall–Kier alpha value is -1.53. The standard InChI is InChI=1S/C12H16N2O3S/c1-8-4-2-3-5-10(8)14-11(15)7-18-6-9(13)12(16)17/h2-5,9H,6-7,13H2,1H3,(H,14,15)(H,16,17)/t9-/m0/s1. The number of para-hydroxylation sites is 1. The number of carboxylic acid groups (broad SMARTS) is 1. The third-order valence-electron chi connectivity index (χ3n) is 2.30. The second kappa shape index (κ2) is 7.03. The van der Waals surface area contributed by atoms with Crippen LogP contribution in [-0.2, 0) is 9.59 Å². The maximum atomic E-state index is 11.6. The summed E-state index contributed by atoms with van der Waals surface area (Å²) in [5.41, 5.74) is 5.18. The second-order valence-corrected chi connectivity index (χ2v) is 4.92.